The van der Waals surface area contributed by atoms with Gasteiger partial charge in [0.1, 0.15) is 5.75 Å². The molecule has 0 amide bonds. The largest absolute Gasteiger partial charge is 0.493 e. The molecule has 0 spiro atoms. The van der Waals surface area contributed by atoms with Crippen LogP contribution in [0.25, 0.3) is 0 Å². The van der Waals surface area contributed by atoms with Gasteiger partial charge in [-0.05, 0) is 43.4 Å². The lowest BCUT2D eigenvalue weighted by Gasteiger charge is -2.33. The number of hydrogen-bond acceptors (Lipinski definition) is 4. The number of guanidine groups is 1. The van der Waals surface area contributed by atoms with Crippen LogP contribution in [0.15, 0.2) is 29.3 Å². The molecule has 0 radical (unpaired) electrons. The number of likely N-dealkylation sites (tertiary alicyclic amines) is 1. The van der Waals surface area contributed by atoms with E-state index in [9.17, 15) is 4.79 Å². The fourth-order valence-electron chi connectivity index (χ4n) is 3.07. The van der Waals surface area contributed by atoms with Gasteiger partial charge in [-0.25, -0.2) is 0 Å². The van der Waals surface area contributed by atoms with Crippen LogP contribution < -0.4 is 10.1 Å². The second-order valence-corrected chi connectivity index (χ2v) is 7.26. The molecule has 1 heterocycles. The van der Waals surface area contributed by atoms with Gasteiger partial charge < -0.3 is 19.7 Å². The summed E-state index contributed by atoms with van der Waals surface area (Å²) in [6, 6.07) is 8.16. The summed E-state index contributed by atoms with van der Waals surface area (Å²) in [5.41, 5.74) is 1.18. The number of carbonyl (C=O) groups excluding carboxylic acids is 1. The maximum absolute atomic E-state index is 11.9. The Morgan fingerprint density at radius 3 is 2.48 bits per heavy atom. The topological polar surface area (TPSA) is 63.2 Å². The van der Waals surface area contributed by atoms with E-state index >= 15 is 0 Å². The predicted octanol–water partition coefficient (Wildman–Crippen LogP) is 3.07. The number of hydrogen-bond donors (Lipinski definition) is 1. The lowest BCUT2D eigenvalue weighted by atomic mass is 9.97. The van der Waals surface area contributed by atoms with E-state index in [1.807, 2.05) is 19.1 Å². The molecule has 1 saturated heterocycles. The van der Waals surface area contributed by atoms with Crippen molar-refractivity contribution < 1.29 is 14.3 Å². The SMILES string of the molecule is CCOC(=O)C1CCN(C(=NC)NCc2ccc(OCC(C)C)cc2)CC1. The Kier molecular flexibility index (Phi) is 8.43. The van der Waals surface area contributed by atoms with E-state index in [4.69, 9.17) is 9.47 Å². The highest BCUT2D eigenvalue weighted by atomic mass is 16.5. The minimum absolute atomic E-state index is 0.0117. The Balaban J connectivity index is 1.80. The number of nitrogens with one attached hydrogen (secondary N) is 1. The number of benzene rings is 1. The molecule has 1 fully saturated rings. The number of piperidine rings is 1. The second kappa shape index (κ2) is 10.8. The summed E-state index contributed by atoms with van der Waals surface area (Å²) in [5.74, 6) is 2.23. The van der Waals surface area contributed by atoms with E-state index < -0.39 is 0 Å². The molecule has 0 bridgehead atoms. The number of esters is 1. The van der Waals surface area contributed by atoms with Crippen molar-refractivity contribution in [1.82, 2.24) is 10.2 Å². The van der Waals surface area contributed by atoms with Crippen LogP contribution in [-0.4, -0.2) is 50.2 Å². The zero-order valence-electron chi connectivity index (χ0n) is 17.0. The first-order valence-corrected chi connectivity index (χ1v) is 9.87. The van der Waals surface area contributed by atoms with E-state index in [1.165, 1.54) is 5.56 Å². The van der Waals surface area contributed by atoms with Crippen molar-refractivity contribution in [1.29, 1.82) is 0 Å². The summed E-state index contributed by atoms with van der Waals surface area (Å²) < 4.78 is 10.9. The standard InChI is InChI=1S/C21H33N3O3/c1-5-26-20(25)18-10-12-24(13-11-18)21(22-4)23-14-17-6-8-19(9-7-17)27-15-16(2)3/h6-9,16,18H,5,10-15H2,1-4H3,(H,22,23). The third-order valence-electron chi connectivity index (χ3n) is 4.58. The fraction of sp³-hybridized carbons (Fsp3) is 0.619. The summed E-state index contributed by atoms with van der Waals surface area (Å²) in [5, 5.41) is 3.41. The van der Waals surface area contributed by atoms with Crippen LogP contribution in [0.5, 0.6) is 5.75 Å². The summed E-state index contributed by atoms with van der Waals surface area (Å²) in [6.45, 7) is 9.63. The van der Waals surface area contributed by atoms with Crippen LogP contribution in [-0.2, 0) is 16.1 Å². The highest BCUT2D eigenvalue weighted by Crippen LogP contribution is 2.19. The van der Waals surface area contributed by atoms with E-state index in [-0.39, 0.29) is 11.9 Å². The Morgan fingerprint density at radius 2 is 1.93 bits per heavy atom. The van der Waals surface area contributed by atoms with Gasteiger partial charge in [-0.15, -0.1) is 0 Å². The van der Waals surface area contributed by atoms with Gasteiger partial charge in [-0.2, -0.15) is 0 Å². The van der Waals surface area contributed by atoms with E-state index in [0.717, 1.165) is 44.2 Å². The van der Waals surface area contributed by atoms with Crippen LogP contribution in [0.3, 0.4) is 0 Å². The smallest absolute Gasteiger partial charge is 0.309 e. The molecule has 27 heavy (non-hydrogen) atoms. The molecule has 6 heteroatoms. The van der Waals surface area contributed by atoms with Gasteiger partial charge >= 0.3 is 5.97 Å². The van der Waals surface area contributed by atoms with Crippen molar-refractivity contribution in [2.45, 2.75) is 40.2 Å². The molecule has 1 aromatic rings. The minimum atomic E-state index is -0.0696. The highest BCUT2D eigenvalue weighted by Gasteiger charge is 2.27. The molecule has 6 nitrogen and oxygen atoms in total. The molecule has 1 N–H and O–H groups in total. The normalized spacial score (nSPS) is 15.7. The Hall–Kier alpha value is -2.24. The van der Waals surface area contributed by atoms with E-state index in [1.54, 1.807) is 7.05 Å². The molecule has 2 rings (SSSR count). The van der Waals surface area contributed by atoms with Crippen LogP contribution in [0.1, 0.15) is 39.2 Å². The maximum atomic E-state index is 11.9. The molecular weight excluding hydrogens is 342 g/mol. The molecule has 0 atom stereocenters. The van der Waals surface area contributed by atoms with E-state index in [0.29, 0.717) is 19.1 Å². The molecule has 1 aromatic carbocycles. The van der Waals surface area contributed by atoms with Crippen LogP contribution in [0, 0.1) is 11.8 Å². The molecule has 0 unspecified atom stereocenters. The van der Waals surface area contributed by atoms with Crippen molar-refractivity contribution in [3.8, 4) is 5.75 Å². The number of rotatable bonds is 7. The molecule has 0 aromatic heterocycles. The average molecular weight is 376 g/mol. The zero-order valence-corrected chi connectivity index (χ0v) is 17.0. The summed E-state index contributed by atoms with van der Waals surface area (Å²) in [7, 11) is 1.79. The molecule has 1 aliphatic rings. The van der Waals surface area contributed by atoms with Crippen LogP contribution in [0.2, 0.25) is 0 Å². The van der Waals surface area contributed by atoms with Crippen molar-refractivity contribution in [3.63, 3.8) is 0 Å². The number of carbonyl (C=O) groups is 1. The Bertz CT molecular complexity index is 606. The minimum Gasteiger partial charge on any atom is -0.493 e. The molecule has 1 aliphatic heterocycles. The quantitative estimate of drug-likeness (QED) is 0.451. The molecule has 0 aliphatic carbocycles. The molecular formula is C21H33N3O3. The predicted molar refractivity (Wildman–Crippen MR) is 108 cm³/mol. The molecule has 0 saturated carbocycles. The van der Waals surface area contributed by atoms with Crippen LogP contribution >= 0.6 is 0 Å². The van der Waals surface area contributed by atoms with Gasteiger partial charge in [0, 0.05) is 26.7 Å². The van der Waals surface area contributed by atoms with Gasteiger partial charge in [-0.1, -0.05) is 26.0 Å². The summed E-state index contributed by atoms with van der Waals surface area (Å²) in [4.78, 5) is 18.5. The summed E-state index contributed by atoms with van der Waals surface area (Å²) in [6.07, 6.45) is 1.61. The zero-order chi connectivity index (χ0) is 19.6. The Morgan fingerprint density at radius 1 is 1.26 bits per heavy atom. The second-order valence-electron chi connectivity index (χ2n) is 7.26. The highest BCUT2D eigenvalue weighted by molar-refractivity contribution is 5.80. The first-order valence-electron chi connectivity index (χ1n) is 9.87. The maximum Gasteiger partial charge on any atom is 0.309 e. The number of ether oxygens (including phenoxy) is 2. The van der Waals surface area contributed by atoms with Gasteiger partial charge in [0.2, 0.25) is 0 Å². The third-order valence-corrected chi connectivity index (χ3v) is 4.58. The average Bonchev–Trinajstić information content (AvgIpc) is 2.68. The monoisotopic (exact) mass is 375 g/mol. The van der Waals surface area contributed by atoms with Gasteiger partial charge in [0.25, 0.3) is 0 Å². The van der Waals surface area contributed by atoms with Crippen molar-refractivity contribution in [2.24, 2.45) is 16.8 Å². The van der Waals surface area contributed by atoms with Crippen molar-refractivity contribution in [2.75, 3.05) is 33.4 Å². The summed E-state index contributed by atoms with van der Waals surface area (Å²) >= 11 is 0. The van der Waals surface area contributed by atoms with E-state index in [2.05, 4.69) is 41.2 Å². The number of aliphatic imine (C=N–C) groups is 1. The van der Waals surface area contributed by atoms with Crippen molar-refractivity contribution >= 4 is 11.9 Å². The first-order chi connectivity index (χ1) is 13.0. The first kappa shape index (κ1) is 21.1. The Labute approximate surface area is 162 Å². The van der Waals surface area contributed by atoms with Gasteiger partial charge in [0.05, 0.1) is 19.1 Å². The lowest BCUT2D eigenvalue weighted by Crippen LogP contribution is -2.46. The fourth-order valence-corrected chi connectivity index (χ4v) is 3.07. The van der Waals surface area contributed by atoms with Crippen molar-refractivity contribution in [3.05, 3.63) is 29.8 Å². The van der Waals surface area contributed by atoms with Crippen LogP contribution in [0.4, 0.5) is 0 Å². The third kappa shape index (κ3) is 6.77. The van der Waals surface area contributed by atoms with Gasteiger partial charge in [-0.3, -0.25) is 9.79 Å². The lowest BCUT2D eigenvalue weighted by molar-refractivity contribution is -0.149. The molecule has 150 valence electrons. The number of nitrogens with zero attached hydrogens (tertiary/aromatic N) is 2. The van der Waals surface area contributed by atoms with Gasteiger partial charge in [0.15, 0.2) is 5.96 Å².